The van der Waals surface area contributed by atoms with Gasteiger partial charge in [0, 0.05) is 10.6 Å². The maximum Gasteiger partial charge on any atom is 0.142 e. The van der Waals surface area contributed by atoms with E-state index in [1.165, 1.54) is 6.07 Å². The van der Waals surface area contributed by atoms with Gasteiger partial charge in [-0.1, -0.05) is 51.3 Å². The Hall–Kier alpha value is -0.290. The zero-order valence-corrected chi connectivity index (χ0v) is 14.9. The summed E-state index contributed by atoms with van der Waals surface area (Å²) >= 11 is 19.0. The molecule has 1 atom stereocenters. The average Bonchev–Trinajstić information content (AvgIpc) is 2.40. The van der Waals surface area contributed by atoms with Gasteiger partial charge in [-0.15, -0.1) is 0 Å². The fourth-order valence-corrected chi connectivity index (χ4v) is 3.95. The van der Waals surface area contributed by atoms with Crippen molar-refractivity contribution in [1.29, 1.82) is 0 Å². The third-order valence-corrected chi connectivity index (χ3v) is 4.96. The lowest BCUT2D eigenvalue weighted by molar-refractivity contribution is 0.408. The number of benzene rings is 2. The molecule has 0 aliphatic heterocycles. The Bertz CT molecular complexity index is 649. The molecular weight excluding hydrogens is 434 g/mol. The molecule has 1 nitrogen and oxygen atoms in total. The molecule has 0 aliphatic rings. The number of halogens is 5. The van der Waals surface area contributed by atoms with E-state index in [-0.39, 0.29) is 9.85 Å². The van der Waals surface area contributed by atoms with Crippen LogP contribution in [0.3, 0.4) is 0 Å². The molecule has 0 bridgehead atoms. The SMILES string of the molecule is COc1c(Br)cc(Cl)cc1C(Br)c1cccc(F)c1Cl. The number of alkyl halides is 1. The van der Waals surface area contributed by atoms with Crippen LogP contribution in [-0.2, 0) is 0 Å². The second-order valence-corrected chi connectivity index (χ2v) is 6.60. The average molecular weight is 443 g/mol. The third kappa shape index (κ3) is 3.14. The molecule has 20 heavy (non-hydrogen) atoms. The zero-order chi connectivity index (χ0) is 14.9. The van der Waals surface area contributed by atoms with E-state index < -0.39 is 5.82 Å². The molecule has 6 heteroatoms. The summed E-state index contributed by atoms with van der Waals surface area (Å²) in [5.74, 6) is 0.158. The Morgan fingerprint density at radius 1 is 1.20 bits per heavy atom. The Kier molecular flexibility index (Phi) is 5.35. The molecule has 0 saturated carbocycles. The van der Waals surface area contributed by atoms with Gasteiger partial charge >= 0.3 is 0 Å². The highest BCUT2D eigenvalue weighted by atomic mass is 79.9. The molecule has 0 N–H and O–H groups in total. The van der Waals surface area contributed by atoms with Crippen LogP contribution in [0.2, 0.25) is 10.0 Å². The maximum atomic E-state index is 13.6. The van der Waals surface area contributed by atoms with E-state index in [1.54, 1.807) is 31.4 Å². The van der Waals surface area contributed by atoms with E-state index in [9.17, 15) is 4.39 Å². The van der Waals surface area contributed by atoms with Crippen molar-refractivity contribution in [3.05, 3.63) is 61.8 Å². The zero-order valence-electron chi connectivity index (χ0n) is 10.3. The largest absolute Gasteiger partial charge is 0.495 e. The number of ether oxygens (including phenoxy) is 1. The van der Waals surface area contributed by atoms with Crippen LogP contribution in [0.4, 0.5) is 4.39 Å². The summed E-state index contributed by atoms with van der Waals surface area (Å²) in [6, 6.07) is 8.16. The van der Waals surface area contributed by atoms with E-state index in [2.05, 4.69) is 31.9 Å². The van der Waals surface area contributed by atoms with Crippen LogP contribution < -0.4 is 4.74 Å². The minimum atomic E-state index is -0.464. The van der Waals surface area contributed by atoms with Gasteiger partial charge in [-0.2, -0.15) is 0 Å². The summed E-state index contributed by atoms with van der Waals surface area (Å²) in [6.07, 6.45) is 0. The first-order valence-electron chi connectivity index (χ1n) is 5.56. The summed E-state index contributed by atoms with van der Waals surface area (Å²) in [6.45, 7) is 0. The summed E-state index contributed by atoms with van der Waals surface area (Å²) in [7, 11) is 1.56. The fourth-order valence-electron chi connectivity index (χ4n) is 1.87. The molecule has 0 aliphatic carbocycles. The highest BCUT2D eigenvalue weighted by molar-refractivity contribution is 9.10. The first-order valence-corrected chi connectivity index (χ1v) is 8.03. The van der Waals surface area contributed by atoms with Gasteiger partial charge in [0.2, 0.25) is 0 Å². The normalized spacial score (nSPS) is 12.3. The molecule has 2 rings (SSSR count). The van der Waals surface area contributed by atoms with Gasteiger partial charge in [0.1, 0.15) is 11.6 Å². The minimum Gasteiger partial charge on any atom is -0.495 e. The lowest BCUT2D eigenvalue weighted by atomic mass is 10.0. The van der Waals surface area contributed by atoms with Crippen LogP contribution in [-0.4, -0.2) is 7.11 Å². The molecule has 0 spiro atoms. The summed E-state index contributed by atoms with van der Waals surface area (Å²) in [4.78, 5) is -0.337. The van der Waals surface area contributed by atoms with Crippen LogP contribution >= 0.6 is 55.1 Å². The molecule has 0 amide bonds. The molecule has 2 aromatic carbocycles. The van der Waals surface area contributed by atoms with E-state index in [0.717, 1.165) is 10.0 Å². The van der Waals surface area contributed by atoms with Crippen molar-refractivity contribution >= 4 is 55.1 Å². The molecule has 2 aromatic rings. The Morgan fingerprint density at radius 2 is 1.90 bits per heavy atom. The topological polar surface area (TPSA) is 9.23 Å². The van der Waals surface area contributed by atoms with Crippen LogP contribution in [0, 0.1) is 5.82 Å². The molecule has 1 unspecified atom stereocenters. The van der Waals surface area contributed by atoms with Gasteiger partial charge in [0.05, 0.1) is 21.4 Å². The highest BCUT2D eigenvalue weighted by Gasteiger charge is 2.21. The number of hydrogen-bond acceptors (Lipinski definition) is 1. The second-order valence-electron chi connectivity index (χ2n) is 4.02. The van der Waals surface area contributed by atoms with Gasteiger partial charge < -0.3 is 4.74 Å². The third-order valence-electron chi connectivity index (χ3n) is 2.77. The van der Waals surface area contributed by atoms with Gasteiger partial charge in [0.15, 0.2) is 0 Å². The first-order chi connectivity index (χ1) is 9.45. The summed E-state index contributed by atoms with van der Waals surface area (Å²) in [5.41, 5.74) is 1.37. The molecular formula is C14H9Br2Cl2FO. The van der Waals surface area contributed by atoms with Crippen LogP contribution in [0.5, 0.6) is 5.75 Å². The van der Waals surface area contributed by atoms with Crippen LogP contribution in [0.1, 0.15) is 16.0 Å². The minimum absolute atomic E-state index is 0.0764. The van der Waals surface area contributed by atoms with Crippen molar-refractivity contribution in [2.45, 2.75) is 4.83 Å². The van der Waals surface area contributed by atoms with E-state index >= 15 is 0 Å². The van der Waals surface area contributed by atoms with E-state index in [4.69, 9.17) is 27.9 Å². The molecule has 0 fully saturated rings. The predicted molar refractivity (Wildman–Crippen MR) is 87.9 cm³/mol. The van der Waals surface area contributed by atoms with Crippen molar-refractivity contribution in [2.75, 3.05) is 7.11 Å². The first kappa shape index (κ1) is 16.1. The van der Waals surface area contributed by atoms with Crippen molar-refractivity contribution in [1.82, 2.24) is 0 Å². The number of methoxy groups -OCH3 is 1. The van der Waals surface area contributed by atoms with E-state index in [0.29, 0.717) is 16.3 Å². The Morgan fingerprint density at radius 3 is 2.55 bits per heavy atom. The standard InChI is InChI=1S/C14H9Br2Cl2FO/c1-20-14-9(5-7(17)6-10(14)15)12(16)8-3-2-4-11(19)13(8)18/h2-6,12H,1H3. The molecule has 0 radical (unpaired) electrons. The van der Waals surface area contributed by atoms with Crippen LogP contribution in [0.25, 0.3) is 0 Å². The molecule has 106 valence electrons. The van der Waals surface area contributed by atoms with Crippen LogP contribution in [0.15, 0.2) is 34.8 Å². The highest BCUT2D eigenvalue weighted by Crippen LogP contribution is 2.44. The second kappa shape index (κ2) is 6.65. The molecule has 0 aromatic heterocycles. The lowest BCUT2D eigenvalue weighted by Gasteiger charge is -2.17. The monoisotopic (exact) mass is 440 g/mol. The molecule has 0 heterocycles. The van der Waals surface area contributed by atoms with Crippen molar-refractivity contribution in [2.24, 2.45) is 0 Å². The maximum absolute atomic E-state index is 13.6. The van der Waals surface area contributed by atoms with Crippen molar-refractivity contribution in [3.8, 4) is 5.75 Å². The van der Waals surface area contributed by atoms with Gasteiger partial charge in [-0.25, -0.2) is 4.39 Å². The van der Waals surface area contributed by atoms with E-state index in [1.807, 2.05) is 0 Å². The number of rotatable bonds is 3. The van der Waals surface area contributed by atoms with Gasteiger partial charge in [-0.3, -0.25) is 0 Å². The van der Waals surface area contributed by atoms with Crippen molar-refractivity contribution in [3.63, 3.8) is 0 Å². The number of hydrogen-bond donors (Lipinski definition) is 0. The Labute approximate surface area is 143 Å². The Balaban J connectivity index is 2.58. The van der Waals surface area contributed by atoms with Gasteiger partial charge in [0.25, 0.3) is 0 Å². The summed E-state index contributed by atoms with van der Waals surface area (Å²) in [5, 5.41) is 0.622. The smallest absolute Gasteiger partial charge is 0.142 e. The van der Waals surface area contributed by atoms with Gasteiger partial charge in [-0.05, 0) is 39.7 Å². The molecule has 0 saturated heterocycles. The predicted octanol–water partition coefficient (Wildman–Crippen LogP) is 6.39. The quantitative estimate of drug-likeness (QED) is 0.500. The lowest BCUT2D eigenvalue weighted by Crippen LogP contribution is -2.00. The fraction of sp³-hybridized carbons (Fsp3) is 0.143. The summed E-state index contributed by atoms with van der Waals surface area (Å²) < 4.78 is 19.7. The van der Waals surface area contributed by atoms with Crippen molar-refractivity contribution < 1.29 is 9.13 Å².